The molecule has 3 nitrogen and oxygen atoms in total. The van der Waals surface area contributed by atoms with E-state index in [9.17, 15) is 4.79 Å². The van der Waals surface area contributed by atoms with Gasteiger partial charge in [-0.3, -0.25) is 4.79 Å². The topological polar surface area (TPSA) is 55.1 Å². The lowest BCUT2D eigenvalue weighted by atomic mass is 9.74. The van der Waals surface area contributed by atoms with E-state index in [4.69, 9.17) is 5.73 Å². The molecule has 3 atom stereocenters. The minimum Gasteiger partial charge on any atom is -0.353 e. The maximum absolute atomic E-state index is 12.6. The molecule has 3 unspecified atom stereocenters. The average Bonchev–Trinajstić information content (AvgIpc) is 2.36. The highest BCUT2D eigenvalue weighted by molar-refractivity contribution is 5.85. The second-order valence-electron chi connectivity index (χ2n) is 7.41. The van der Waals surface area contributed by atoms with Gasteiger partial charge >= 0.3 is 0 Å². The van der Waals surface area contributed by atoms with Crippen molar-refractivity contribution in [3.05, 3.63) is 34.9 Å². The van der Waals surface area contributed by atoms with E-state index in [1.807, 2.05) is 6.92 Å². The zero-order chi connectivity index (χ0) is 16.3. The average molecular weight is 339 g/mol. The van der Waals surface area contributed by atoms with E-state index in [0.29, 0.717) is 0 Å². The predicted octanol–water partition coefficient (Wildman–Crippen LogP) is 3.68. The molecular weight excluding hydrogens is 308 g/mol. The lowest BCUT2D eigenvalue weighted by molar-refractivity contribution is -0.128. The summed E-state index contributed by atoms with van der Waals surface area (Å²) >= 11 is 0. The van der Waals surface area contributed by atoms with Gasteiger partial charge in [-0.05, 0) is 52.5 Å². The number of rotatable bonds is 4. The van der Waals surface area contributed by atoms with Crippen LogP contribution < -0.4 is 11.1 Å². The molecule has 0 radical (unpaired) electrons. The van der Waals surface area contributed by atoms with Crippen molar-refractivity contribution in [2.75, 3.05) is 0 Å². The van der Waals surface area contributed by atoms with Gasteiger partial charge in [0.15, 0.2) is 0 Å². The molecule has 1 amide bonds. The monoisotopic (exact) mass is 338 g/mol. The Bertz CT molecular complexity index is 522. The van der Waals surface area contributed by atoms with Crippen molar-refractivity contribution in [2.45, 2.75) is 71.4 Å². The number of amides is 1. The number of hydrogen-bond donors (Lipinski definition) is 2. The maximum Gasteiger partial charge on any atom is 0.225 e. The van der Waals surface area contributed by atoms with Gasteiger partial charge in [0.2, 0.25) is 5.91 Å². The molecule has 1 saturated carbocycles. The lowest BCUT2D eigenvalue weighted by Crippen LogP contribution is -2.54. The lowest BCUT2D eigenvalue weighted by Gasteiger charge is -2.37. The minimum atomic E-state index is -0.359. The SMILES string of the molecule is Cc1cc(C)cc(CC(C)NC(=O)C2CCCCC2(C)N)c1.Cl. The molecule has 0 bridgehead atoms. The van der Waals surface area contributed by atoms with Gasteiger partial charge in [0.25, 0.3) is 0 Å². The van der Waals surface area contributed by atoms with Gasteiger partial charge in [-0.2, -0.15) is 0 Å². The van der Waals surface area contributed by atoms with Crippen molar-refractivity contribution in [3.63, 3.8) is 0 Å². The second-order valence-corrected chi connectivity index (χ2v) is 7.41. The molecule has 0 spiro atoms. The molecule has 1 fully saturated rings. The van der Waals surface area contributed by atoms with Crippen LogP contribution >= 0.6 is 12.4 Å². The van der Waals surface area contributed by atoms with Gasteiger partial charge in [0, 0.05) is 11.6 Å². The molecular formula is C19H31ClN2O. The van der Waals surface area contributed by atoms with Crippen molar-refractivity contribution >= 4 is 18.3 Å². The van der Waals surface area contributed by atoms with Crippen LogP contribution in [0.5, 0.6) is 0 Å². The van der Waals surface area contributed by atoms with Gasteiger partial charge in [-0.1, -0.05) is 42.2 Å². The summed E-state index contributed by atoms with van der Waals surface area (Å²) in [4.78, 5) is 12.6. The van der Waals surface area contributed by atoms with Crippen molar-refractivity contribution < 1.29 is 4.79 Å². The Morgan fingerprint density at radius 3 is 2.48 bits per heavy atom. The summed E-state index contributed by atoms with van der Waals surface area (Å²) in [6, 6.07) is 6.70. The second kappa shape index (κ2) is 8.16. The van der Waals surface area contributed by atoms with E-state index < -0.39 is 0 Å². The number of benzene rings is 1. The van der Waals surface area contributed by atoms with Crippen LogP contribution in [0.2, 0.25) is 0 Å². The number of halogens is 1. The molecule has 4 heteroatoms. The zero-order valence-corrected chi connectivity index (χ0v) is 15.6. The van der Waals surface area contributed by atoms with Crippen LogP contribution in [0.3, 0.4) is 0 Å². The molecule has 1 aromatic carbocycles. The summed E-state index contributed by atoms with van der Waals surface area (Å²) in [5, 5.41) is 3.17. The van der Waals surface area contributed by atoms with Crippen LogP contribution in [0, 0.1) is 19.8 Å². The van der Waals surface area contributed by atoms with Gasteiger partial charge in [0.1, 0.15) is 0 Å². The minimum absolute atomic E-state index is 0. The summed E-state index contributed by atoms with van der Waals surface area (Å²) in [6.45, 7) is 8.32. The van der Waals surface area contributed by atoms with Crippen molar-refractivity contribution in [1.82, 2.24) is 5.32 Å². The smallest absolute Gasteiger partial charge is 0.225 e. The van der Waals surface area contributed by atoms with E-state index in [2.05, 4.69) is 44.3 Å². The summed E-state index contributed by atoms with van der Waals surface area (Å²) in [5.74, 6) is 0.0736. The Morgan fingerprint density at radius 1 is 1.30 bits per heavy atom. The third-order valence-electron chi connectivity index (χ3n) is 4.78. The fourth-order valence-corrected chi connectivity index (χ4v) is 3.72. The predicted molar refractivity (Wildman–Crippen MR) is 99.0 cm³/mol. The molecule has 0 heterocycles. The number of hydrogen-bond acceptors (Lipinski definition) is 2. The van der Waals surface area contributed by atoms with Gasteiger partial charge in [-0.15, -0.1) is 12.4 Å². The number of carbonyl (C=O) groups is 1. The highest BCUT2D eigenvalue weighted by Crippen LogP contribution is 2.31. The van der Waals surface area contributed by atoms with E-state index in [-0.39, 0.29) is 35.8 Å². The van der Waals surface area contributed by atoms with Crippen LogP contribution in [0.1, 0.15) is 56.2 Å². The first-order valence-electron chi connectivity index (χ1n) is 8.44. The third kappa shape index (κ3) is 5.50. The highest BCUT2D eigenvalue weighted by Gasteiger charge is 2.37. The van der Waals surface area contributed by atoms with E-state index in [1.54, 1.807) is 0 Å². The normalized spacial score (nSPS) is 25.3. The van der Waals surface area contributed by atoms with Gasteiger partial charge in [0.05, 0.1) is 5.92 Å². The summed E-state index contributed by atoms with van der Waals surface area (Å²) in [7, 11) is 0. The number of nitrogens with one attached hydrogen (secondary N) is 1. The van der Waals surface area contributed by atoms with Crippen molar-refractivity contribution in [2.24, 2.45) is 11.7 Å². The molecule has 130 valence electrons. The molecule has 1 aromatic rings. The molecule has 3 N–H and O–H groups in total. The third-order valence-corrected chi connectivity index (χ3v) is 4.78. The summed E-state index contributed by atoms with van der Waals surface area (Å²) < 4.78 is 0. The van der Waals surface area contributed by atoms with E-state index >= 15 is 0 Å². The Morgan fingerprint density at radius 2 is 1.91 bits per heavy atom. The van der Waals surface area contributed by atoms with Crippen LogP contribution in [0.15, 0.2) is 18.2 Å². The molecule has 0 aliphatic heterocycles. The fourth-order valence-electron chi connectivity index (χ4n) is 3.72. The van der Waals surface area contributed by atoms with E-state index in [1.165, 1.54) is 16.7 Å². The Kier molecular flexibility index (Phi) is 7.09. The number of carbonyl (C=O) groups excluding carboxylic acids is 1. The number of aryl methyl sites for hydroxylation is 2. The maximum atomic E-state index is 12.6. The largest absolute Gasteiger partial charge is 0.353 e. The molecule has 1 aliphatic carbocycles. The standard InChI is InChI=1S/C19H30N2O.ClH/c1-13-9-14(2)11-16(10-13)12-15(3)21-18(22)17-7-5-6-8-19(17,4)20;/h9-11,15,17H,5-8,12,20H2,1-4H3,(H,21,22);1H. The molecule has 0 aromatic heterocycles. The van der Waals surface area contributed by atoms with Crippen LogP contribution in [-0.4, -0.2) is 17.5 Å². The van der Waals surface area contributed by atoms with Crippen LogP contribution in [0.4, 0.5) is 0 Å². The first-order valence-corrected chi connectivity index (χ1v) is 8.44. The number of nitrogens with two attached hydrogens (primary N) is 1. The summed E-state index contributed by atoms with van der Waals surface area (Å²) in [6.07, 6.45) is 4.96. The van der Waals surface area contributed by atoms with E-state index in [0.717, 1.165) is 32.1 Å². The van der Waals surface area contributed by atoms with Gasteiger partial charge in [-0.25, -0.2) is 0 Å². The molecule has 2 rings (SSSR count). The first kappa shape index (κ1) is 20.0. The van der Waals surface area contributed by atoms with Gasteiger partial charge < -0.3 is 11.1 Å². The van der Waals surface area contributed by atoms with Crippen LogP contribution in [0.25, 0.3) is 0 Å². The fraction of sp³-hybridized carbons (Fsp3) is 0.632. The molecule has 1 aliphatic rings. The zero-order valence-electron chi connectivity index (χ0n) is 14.8. The quantitative estimate of drug-likeness (QED) is 0.879. The van der Waals surface area contributed by atoms with Crippen LogP contribution in [-0.2, 0) is 11.2 Å². The highest BCUT2D eigenvalue weighted by atomic mass is 35.5. The Balaban J connectivity index is 0.00000264. The Labute approximate surface area is 146 Å². The Hall–Kier alpha value is -1.06. The van der Waals surface area contributed by atoms with Crippen molar-refractivity contribution in [3.8, 4) is 0 Å². The molecule has 23 heavy (non-hydrogen) atoms. The molecule has 0 saturated heterocycles. The van der Waals surface area contributed by atoms with Crippen molar-refractivity contribution in [1.29, 1.82) is 0 Å². The first-order chi connectivity index (χ1) is 10.3. The summed E-state index contributed by atoms with van der Waals surface area (Å²) in [5.41, 5.74) is 9.80.